The molecule has 0 spiro atoms. The van der Waals surface area contributed by atoms with Crippen molar-refractivity contribution in [2.24, 2.45) is 0 Å². The van der Waals surface area contributed by atoms with Crippen molar-refractivity contribution in [2.75, 3.05) is 5.32 Å². The fourth-order valence-electron chi connectivity index (χ4n) is 1.39. The van der Waals surface area contributed by atoms with Crippen LogP contribution in [0.5, 0.6) is 11.6 Å². The highest BCUT2D eigenvalue weighted by Crippen LogP contribution is 2.21. The van der Waals surface area contributed by atoms with Crippen molar-refractivity contribution in [1.29, 1.82) is 0 Å². The van der Waals surface area contributed by atoms with E-state index in [0.717, 1.165) is 6.07 Å². The van der Waals surface area contributed by atoms with Gasteiger partial charge in [0.15, 0.2) is 0 Å². The van der Waals surface area contributed by atoms with Crippen molar-refractivity contribution >= 4 is 11.6 Å². The predicted octanol–water partition coefficient (Wildman–Crippen LogP) is 1.82. The maximum Gasteiger partial charge on any atom is 0.387 e. The predicted molar refractivity (Wildman–Crippen MR) is 62.9 cm³/mol. The Hall–Kier alpha value is -2.64. The molecule has 6 nitrogen and oxygen atoms in total. The summed E-state index contributed by atoms with van der Waals surface area (Å²) in [7, 11) is 0. The molecule has 0 atom stereocenters. The monoisotopic (exact) mass is 269 g/mol. The second kappa shape index (κ2) is 5.34. The Balaban J connectivity index is 2.20. The molecular weight excluding hydrogens is 260 g/mol. The summed E-state index contributed by atoms with van der Waals surface area (Å²) in [5, 5.41) is 11.8. The van der Waals surface area contributed by atoms with Gasteiger partial charge in [-0.1, -0.05) is 6.07 Å². The van der Waals surface area contributed by atoms with Crippen LogP contribution in [-0.4, -0.2) is 21.7 Å². The van der Waals surface area contributed by atoms with Crippen LogP contribution in [0.1, 0.15) is 0 Å². The minimum absolute atomic E-state index is 0.0146. The van der Waals surface area contributed by atoms with Crippen LogP contribution in [0.3, 0.4) is 0 Å². The summed E-state index contributed by atoms with van der Waals surface area (Å²) in [4.78, 5) is 17.0. The lowest BCUT2D eigenvalue weighted by Crippen LogP contribution is -2.09. The molecule has 0 aliphatic carbocycles. The highest BCUT2D eigenvalue weighted by molar-refractivity contribution is 5.55. The van der Waals surface area contributed by atoms with Gasteiger partial charge >= 0.3 is 6.61 Å². The van der Waals surface area contributed by atoms with Crippen molar-refractivity contribution in [2.45, 2.75) is 6.61 Å². The Morgan fingerprint density at radius 1 is 1.37 bits per heavy atom. The molecule has 0 saturated heterocycles. The molecule has 3 N–H and O–H groups in total. The molecule has 100 valence electrons. The van der Waals surface area contributed by atoms with E-state index in [9.17, 15) is 13.6 Å². The van der Waals surface area contributed by atoms with Crippen LogP contribution in [0.25, 0.3) is 0 Å². The van der Waals surface area contributed by atoms with Gasteiger partial charge in [0.05, 0.1) is 6.07 Å². The van der Waals surface area contributed by atoms with E-state index >= 15 is 0 Å². The van der Waals surface area contributed by atoms with E-state index < -0.39 is 18.1 Å². The maximum absolute atomic E-state index is 12.0. The van der Waals surface area contributed by atoms with Gasteiger partial charge in [-0.25, -0.2) is 0 Å². The number of hydrogen-bond acceptors (Lipinski definition) is 5. The second-order valence-corrected chi connectivity index (χ2v) is 3.48. The van der Waals surface area contributed by atoms with Crippen LogP contribution in [-0.2, 0) is 0 Å². The minimum Gasteiger partial charge on any atom is -0.493 e. The fourth-order valence-corrected chi connectivity index (χ4v) is 1.39. The zero-order valence-corrected chi connectivity index (χ0v) is 9.43. The van der Waals surface area contributed by atoms with Crippen LogP contribution in [0, 0.1) is 0 Å². The quantitative estimate of drug-likeness (QED) is 0.788. The number of alkyl halides is 2. The summed E-state index contributed by atoms with van der Waals surface area (Å²) < 4.78 is 28.3. The number of nitrogens with zero attached hydrogens (tertiary/aromatic N) is 1. The van der Waals surface area contributed by atoms with Crippen LogP contribution in [0.4, 0.5) is 20.4 Å². The summed E-state index contributed by atoms with van der Waals surface area (Å²) in [5.41, 5.74) is -0.179. The molecule has 1 aromatic carbocycles. The largest absolute Gasteiger partial charge is 0.493 e. The van der Waals surface area contributed by atoms with Crippen LogP contribution in [0.15, 0.2) is 35.1 Å². The zero-order valence-electron chi connectivity index (χ0n) is 9.43. The van der Waals surface area contributed by atoms with E-state index in [4.69, 9.17) is 5.11 Å². The van der Waals surface area contributed by atoms with Crippen LogP contribution in [0.2, 0.25) is 0 Å². The van der Waals surface area contributed by atoms with Gasteiger partial charge in [-0.2, -0.15) is 13.8 Å². The molecule has 0 radical (unpaired) electrons. The van der Waals surface area contributed by atoms with E-state index in [1.807, 2.05) is 0 Å². The lowest BCUT2D eigenvalue weighted by Gasteiger charge is -2.08. The lowest BCUT2D eigenvalue weighted by atomic mass is 10.3. The Kier molecular flexibility index (Phi) is 3.60. The third-order valence-electron chi connectivity index (χ3n) is 2.05. The van der Waals surface area contributed by atoms with E-state index in [2.05, 4.69) is 20.0 Å². The Labute approximate surface area is 105 Å². The maximum atomic E-state index is 12.0. The molecule has 0 saturated carbocycles. The average molecular weight is 269 g/mol. The summed E-state index contributed by atoms with van der Waals surface area (Å²) in [6.45, 7) is -2.92. The first-order valence-corrected chi connectivity index (χ1v) is 5.15. The normalized spacial score (nSPS) is 10.5. The number of anilines is 2. The van der Waals surface area contributed by atoms with Gasteiger partial charge in [0.1, 0.15) is 5.75 Å². The van der Waals surface area contributed by atoms with Crippen LogP contribution >= 0.6 is 0 Å². The number of aromatic amines is 1. The van der Waals surface area contributed by atoms with Gasteiger partial charge in [-0.3, -0.25) is 9.78 Å². The zero-order chi connectivity index (χ0) is 13.8. The molecule has 0 bridgehead atoms. The van der Waals surface area contributed by atoms with Gasteiger partial charge < -0.3 is 15.2 Å². The Morgan fingerprint density at radius 2 is 2.16 bits per heavy atom. The summed E-state index contributed by atoms with van der Waals surface area (Å²) >= 11 is 0. The third kappa shape index (κ3) is 3.66. The number of rotatable bonds is 4. The number of H-pyrrole nitrogens is 1. The van der Waals surface area contributed by atoms with Crippen molar-refractivity contribution in [3.63, 3.8) is 0 Å². The van der Waals surface area contributed by atoms with Gasteiger partial charge in [0.25, 0.3) is 5.56 Å². The first kappa shape index (κ1) is 12.8. The number of nitrogens with one attached hydrogen (secondary N) is 2. The van der Waals surface area contributed by atoms with Crippen molar-refractivity contribution < 1.29 is 18.6 Å². The Bertz CT molecular complexity index is 631. The molecular formula is C11H9F2N3O3. The standard InChI is InChI=1S/C11H9F2N3O3/c12-10(13)19-7-3-1-2-6(4-7)14-11-15-8(17)5-9(18)16-11/h1-5,10H,(H3,14,15,16,17,18). The number of benzene rings is 1. The van der Waals surface area contributed by atoms with Crippen LogP contribution < -0.4 is 15.6 Å². The highest BCUT2D eigenvalue weighted by atomic mass is 19.3. The summed E-state index contributed by atoms with van der Waals surface area (Å²) in [6, 6.07) is 6.61. The molecule has 19 heavy (non-hydrogen) atoms. The molecule has 8 heteroatoms. The van der Waals surface area contributed by atoms with Gasteiger partial charge in [-0.15, -0.1) is 0 Å². The SMILES string of the molecule is O=c1cc(O)nc(Nc2cccc(OC(F)F)c2)[nH]1. The second-order valence-electron chi connectivity index (χ2n) is 3.48. The number of hydrogen-bond donors (Lipinski definition) is 3. The van der Waals surface area contributed by atoms with Gasteiger partial charge in [0, 0.05) is 11.8 Å². The van der Waals surface area contributed by atoms with E-state index in [0.29, 0.717) is 5.69 Å². The van der Waals surface area contributed by atoms with Gasteiger partial charge in [-0.05, 0) is 12.1 Å². The van der Waals surface area contributed by atoms with Crippen molar-refractivity contribution in [3.8, 4) is 11.6 Å². The van der Waals surface area contributed by atoms with Crippen molar-refractivity contribution in [1.82, 2.24) is 9.97 Å². The molecule has 0 aliphatic rings. The number of aromatic nitrogens is 2. The Morgan fingerprint density at radius 3 is 2.84 bits per heavy atom. The molecule has 0 aliphatic heterocycles. The van der Waals surface area contributed by atoms with Gasteiger partial charge in [0.2, 0.25) is 11.8 Å². The first-order chi connectivity index (χ1) is 9.02. The lowest BCUT2D eigenvalue weighted by molar-refractivity contribution is -0.0497. The molecule has 1 heterocycles. The van der Waals surface area contributed by atoms with Crippen molar-refractivity contribution in [3.05, 3.63) is 40.7 Å². The average Bonchev–Trinajstić information content (AvgIpc) is 2.26. The highest BCUT2D eigenvalue weighted by Gasteiger charge is 2.05. The summed E-state index contributed by atoms with van der Waals surface area (Å²) in [5.74, 6) is -0.507. The van der Waals surface area contributed by atoms with E-state index in [-0.39, 0.29) is 11.7 Å². The third-order valence-corrected chi connectivity index (χ3v) is 2.05. The molecule has 2 rings (SSSR count). The molecule has 2 aromatic rings. The fraction of sp³-hybridized carbons (Fsp3) is 0.0909. The number of ether oxygens (including phenoxy) is 1. The number of halogens is 2. The van der Waals surface area contributed by atoms with E-state index in [1.54, 1.807) is 6.07 Å². The van der Waals surface area contributed by atoms with E-state index in [1.165, 1.54) is 18.2 Å². The topological polar surface area (TPSA) is 87.2 Å². The molecule has 1 aromatic heterocycles. The minimum atomic E-state index is -2.92. The molecule has 0 unspecified atom stereocenters. The summed E-state index contributed by atoms with van der Waals surface area (Å²) in [6.07, 6.45) is 0. The first-order valence-electron chi connectivity index (χ1n) is 5.15. The molecule has 0 fully saturated rings. The smallest absolute Gasteiger partial charge is 0.387 e. The number of aromatic hydroxyl groups is 1. The molecule has 0 amide bonds.